The first kappa shape index (κ1) is 15.7. The number of hydrogen-bond acceptors (Lipinski definition) is 3. The molecule has 3 N–H and O–H groups in total. The van der Waals surface area contributed by atoms with Gasteiger partial charge in [-0.3, -0.25) is 4.79 Å². The average molecular weight is 298 g/mol. The van der Waals surface area contributed by atoms with Crippen LogP contribution in [0.4, 0.5) is 0 Å². The molecule has 5 heteroatoms. The van der Waals surface area contributed by atoms with E-state index in [4.69, 9.17) is 22.7 Å². The standard InChI is InChI=1S/C15H26N2O2S/c1-2-19-12-8-11(9-12)10-13(18)17-15(14(16)20)6-4-3-5-7-15/h11-12H,2-10H2,1H3,(H2,16,20)(H,17,18). The van der Waals surface area contributed by atoms with Crippen molar-refractivity contribution in [2.45, 2.75) is 69.9 Å². The molecule has 0 aliphatic heterocycles. The van der Waals surface area contributed by atoms with Crippen LogP contribution in [0.3, 0.4) is 0 Å². The number of ether oxygens (including phenoxy) is 1. The first-order valence-corrected chi connectivity index (χ1v) is 8.19. The third kappa shape index (κ3) is 3.70. The Morgan fingerprint density at radius 3 is 2.55 bits per heavy atom. The van der Waals surface area contributed by atoms with Crippen LogP contribution in [0.1, 0.15) is 58.3 Å². The molecule has 0 atom stereocenters. The highest BCUT2D eigenvalue weighted by atomic mass is 32.1. The molecule has 0 bridgehead atoms. The number of hydrogen-bond donors (Lipinski definition) is 2. The number of carbonyl (C=O) groups excluding carboxylic acids is 1. The van der Waals surface area contributed by atoms with Crippen molar-refractivity contribution >= 4 is 23.1 Å². The van der Waals surface area contributed by atoms with Crippen LogP contribution in [0, 0.1) is 5.92 Å². The van der Waals surface area contributed by atoms with Gasteiger partial charge in [-0.15, -0.1) is 0 Å². The molecule has 0 aromatic heterocycles. The Bertz CT molecular complexity index is 361. The lowest BCUT2D eigenvalue weighted by Gasteiger charge is -2.39. The average Bonchev–Trinajstić information content (AvgIpc) is 2.37. The number of nitrogens with two attached hydrogens (primary N) is 1. The number of nitrogens with one attached hydrogen (secondary N) is 1. The zero-order chi connectivity index (χ0) is 14.6. The fourth-order valence-corrected chi connectivity index (χ4v) is 3.64. The highest BCUT2D eigenvalue weighted by Gasteiger charge is 2.38. The van der Waals surface area contributed by atoms with E-state index in [1.807, 2.05) is 6.92 Å². The van der Waals surface area contributed by atoms with E-state index in [1.54, 1.807) is 0 Å². The molecular formula is C15H26N2O2S. The summed E-state index contributed by atoms with van der Waals surface area (Å²) in [7, 11) is 0. The summed E-state index contributed by atoms with van der Waals surface area (Å²) in [5.41, 5.74) is 5.46. The smallest absolute Gasteiger partial charge is 0.221 e. The first-order chi connectivity index (χ1) is 9.55. The van der Waals surface area contributed by atoms with Crippen molar-refractivity contribution in [3.05, 3.63) is 0 Å². The fourth-order valence-electron chi connectivity index (χ4n) is 3.38. The van der Waals surface area contributed by atoms with Crippen molar-refractivity contribution in [1.29, 1.82) is 0 Å². The molecule has 0 heterocycles. The van der Waals surface area contributed by atoms with Crippen LogP contribution in [0.2, 0.25) is 0 Å². The minimum atomic E-state index is -0.423. The van der Waals surface area contributed by atoms with Gasteiger partial charge in [0.1, 0.15) is 0 Å². The second-order valence-corrected chi connectivity index (χ2v) is 6.61. The predicted molar refractivity (Wildman–Crippen MR) is 83.5 cm³/mol. The summed E-state index contributed by atoms with van der Waals surface area (Å²) in [6, 6.07) is 0. The highest BCUT2D eigenvalue weighted by molar-refractivity contribution is 7.80. The summed E-state index contributed by atoms with van der Waals surface area (Å²) in [5, 5.41) is 3.13. The van der Waals surface area contributed by atoms with E-state index in [9.17, 15) is 4.79 Å². The summed E-state index contributed by atoms with van der Waals surface area (Å²) in [4.78, 5) is 12.7. The lowest BCUT2D eigenvalue weighted by Crippen LogP contribution is -2.58. The number of amides is 1. The van der Waals surface area contributed by atoms with E-state index >= 15 is 0 Å². The minimum absolute atomic E-state index is 0.0969. The Morgan fingerprint density at radius 2 is 2.00 bits per heavy atom. The third-order valence-electron chi connectivity index (χ3n) is 4.63. The molecule has 20 heavy (non-hydrogen) atoms. The molecule has 1 amide bonds. The van der Waals surface area contributed by atoms with Gasteiger partial charge in [-0.25, -0.2) is 0 Å². The Labute approximate surface area is 126 Å². The van der Waals surface area contributed by atoms with Gasteiger partial charge < -0.3 is 15.8 Å². The third-order valence-corrected chi connectivity index (χ3v) is 5.02. The van der Waals surface area contributed by atoms with Gasteiger partial charge in [-0.05, 0) is 38.5 Å². The van der Waals surface area contributed by atoms with Gasteiger partial charge >= 0.3 is 0 Å². The van der Waals surface area contributed by atoms with Crippen molar-refractivity contribution < 1.29 is 9.53 Å². The van der Waals surface area contributed by atoms with E-state index < -0.39 is 5.54 Å². The summed E-state index contributed by atoms with van der Waals surface area (Å²) in [6.45, 7) is 2.77. The van der Waals surface area contributed by atoms with Gasteiger partial charge in [0.2, 0.25) is 5.91 Å². The van der Waals surface area contributed by atoms with E-state index in [-0.39, 0.29) is 5.91 Å². The maximum atomic E-state index is 12.2. The Balaban J connectivity index is 1.79. The van der Waals surface area contributed by atoms with Crippen LogP contribution < -0.4 is 11.1 Å². The summed E-state index contributed by atoms with van der Waals surface area (Å²) >= 11 is 5.20. The molecule has 0 aromatic carbocycles. The molecule has 2 saturated carbocycles. The SMILES string of the molecule is CCOC1CC(CC(=O)NC2(C(N)=S)CCCCC2)C1. The molecule has 2 aliphatic carbocycles. The maximum absolute atomic E-state index is 12.2. The zero-order valence-corrected chi connectivity index (χ0v) is 13.1. The molecule has 4 nitrogen and oxygen atoms in total. The topological polar surface area (TPSA) is 64.3 Å². The molecule has 114 valence electrons. The number of rotatable bonds is 6. The number of carbonyl (C=O) groups is 1. The highest BCUT2D eigenvalue weighted by Crippen LogP contribution is 2.34. The van der Waals surface area contributed by atoms with Gasteiger partial charge in [0, 0.05) is 13.0 Å². The molecule has 2 fully saturated rings. The minimum Gasteiger partial charge on any atom is -0.391 e. The molecule has 0 saturated heterocycles. The lowest BCUT2D eigenvalue weighted by atomic mass is 9.78. The molecule has 2 aliphatic rings. The Hall–Kier alpha value is -0.680. The molecule has 0 radical (unpaired) electrons. The normalized spacial score (nSPS) is 28.4. The molecule has 2 rings (SSSR count). The zero-order valence-electron chi connectivity index (χ0n) is 12.3. The Morgan fingerprint density at radius 1 is 1.35 bits per heavy atom. The first-order valence-electron chi connectivity index (χ1n) is 7.78. The maximum Gasteiger partial charge on any atom is 0.221 e. The van der Waals surface area contributed by atoms with E-state index in [2.05, 4.69) is 5.32 Å². The summed E-state index contributed by atoms with van der Waals surface area (Å²) in [5.74, 6) is 0.554. The quantitative estimate of drug-likeness (QED) is 0.739. The largest absolute Gasteiger partial charge is 0.391 e. The molecular weight excluding hydrogens is 272 g/mol. The van der Waals surface area contributed by atoms with Crippen molar-refractivity contribution in [3.8, 4) is 0 Å². The van der Waals surface area contributed by atoms with Gasteiger partial charge in [0.15, 0.2) is 0 Å². The van der Waals surface area contributed by atoms with E-state index in [0.717, 1.165) is 45.1 Å². The van der Waals surface area contributed by atoms with E-state index in [0.29, 0.717) is 23.4 Å². The van der Waals surface area contributed by atoms with Gasteiger partial charge in [-0.2, -0.15) is 0 Å². The predicted octanol–water partition coefficient (Wildman–Crippen LogP) is 2.30. The van der Waals surface area contributed by atoms with Crippen molar-refractivity contribution in [2.75, 3.05) is 6.61 Å². The van der Waals surface area contributed by atoms with E-state index in [1.165, 1.54) is 6.42 Å². The van der Waals surface area contributed by atoms with Crippen LogP contribution in [-0.4, -0.2) is 29.1 Å². The second kappa shape index (κ2) is 6.85. The summed E-state index contributed by atoms with van der Waals surface area (Å²) < 4.78 is 5.53. The lowest BCUT2D eigenvalue weighted by molar-refractivity contribution is -0.125. The van der Waals surface area contributed by atoms with Crippen molar-refractivity contribution in [3.63, 3.8) is 0 Å². The van der Waals surface area contributed by atoms with Crippen LogP contribution in [-0.2, 0) is 9.53 Å². The monoisotopic (exact) mass is 298 g/mol. The van der Waals surface area contributed by atoms with Crippen LogP contribution in [0.5, 0.6) is 0 Å². The molecule has 0 spiro atoms. The van der Waals surface area contributed by atoms with Crippen molar-refractivity contribution in [1.82, 2.24) is 5.32 Å². The van der Waals surface area contributed by atoms with Crippen molar-refractivity contribution in [2.24, 2.45) is 11.7 Å². The van der Waals surface area contributed by atoms with Crippen LogP contribution >= 0.6 is 12.2 Å². The molecule has 0 aromatic rings. The van der Waals surface area contributed by atoms with Gasteiger partial charge in [-0.1, -0.05) is 31.5 Å². The second-order valence-electron chi connectivity index (χ2n) is 6.17. The Kier molecular flexibility index (Phi) is 5.38. The number of thiocarbonyl (C=S) groups is 1. The summed E-state index contributed by atoms with van der Waals surface area (Å²) in [6.07, 6.45) is 8.11. The molecule has 0 unspecified atom stereocenters. The van der Waals surface area contributed by atoms with Crippen LogP contribution in [0.25, 0.3) is 0 Å². The van der Waals surface area contributed by atoms with Gasteiger partial charge in [0.05, 0.1) is 16.6 Å². The van der Waals surface area contributed by atoms with Crippen LogP contribution in [0.15, 0.2) is 0 Å². The van der Waals surface area contributed by atoms with Gasteiger partial charge in [0.25, 0.3) is 0 Å². The fraction of sp³-hybridized carbons (Fsp3) is 0.867.